The van der Waals surface area contributed by atoms with Crippen LogP contribution < -0.4 is 4.74 Å². The molecule has 0 aliphatic rings. The lowest BCUT2D eigenvalue weighted by atomic mass is 10.1. The molecule has 3 rings (SSSR count). The molecule has 130 valence electrons. The maximum absolute atomic E-state index is 14.0. The van der Waals surface area contributed by atoms with Crippen LogP contribution in [0, 0.1) is 5.82 Å². The minimum Gasteiger partial charge on any atom is -0.494 e. The summed E-state index contributed by atoms with van der Waals surface area (Å²) in [4.78, 5) is 8.72. The number of ether oxygens (including phenoxy) is 2. The van der Waals surface area contributed by atoms with Crippen LogP contribution in [0.5, 0.6) is 5.75 Å². The van der Waals surface area contributed by atoms with Gasteiger partial charge in [-0.3, -0.25) is 4.98 Å². The van der Waals surface area contributed by atoms with Crippen LogP contribution in [0.25, 0.3) is 22.5 Å². The summed E-state index contributed by atoms with van der Waals surface area (Å²) < 4.78 is 26.3. The second-order valence-electron chi connectivity index (χ2n) is 5.76. The molecule has 3 aromatic rings. The molecular formula is C19H20FN3O2. The molecule has 25 heavy (non-hydrogen) atoms. The molecule has 1 unspecified atom stereocenters. The Balaban J connectivity index is 1.95. The Morgan fingerprint density at radius 2 is 1.92 bits per heavy atom. The molecular weight excluding hydrogens is 321 g/mol. The van der Waals surface area contributed by atoms with Gasteiger partial charge in [0.2, 0.25) is 0 Å². The fourth-order valence-corrected chi connectivity index (χ4v) is 2.63. The lowest BCUT2D eigenvalue weighted by molar-refractivity contribution is 0.103. The number of rotatable bonds is 6. The highest BCUT2D eigenvalue weighted by molar-refractivity contribution is 5.69. The first kappa shape index (κ1) is 17.1. The maximum atomic E-state index is 14.0. The van der Waals surface area contributed by atoms with Crippen molar-refractivity contribution in [2.45, 2.75) is 19.6 Å². The van der Waals surface area contributed by atoms with Gasteiger partial charge in [-0.2, -0.15) is 0 Å². The molecule has 0 spiro atoms. The first-order valence-corrected chi connectivity index (χ1v) is 7.95. The Labute approximate surface area is 146 Å². The standard InChI is InChI=1S/C19H20FN3O2/c1-13(24-2)12-23-7-6-22-19(23)16-8-15(10-21-11-16)14-4-5-18(25-3)17(20)9-14/h4-11,13H,12H2,1-3H3. The van der Waals surface area contributed by atoms with Crippen LogP contribution in [0.2, 0.25) is 0 Å². The Kier molecular flexibility index (Phi) is 5.09. The molecule has 0 fully saturated rings. The Morgan fingerprint density at radius 1 is 1.12 bits per heavy atom. The predicted octanol–water partition coefficient (Wildman–Crippen LogP) is 3.79. The third-order valence-electron chi connectivity index (χ3n) is 4.05. The minimum atomic E-state index is -0.402. The number of aromatic nitrogens is 3. The second-order valence-corrected chi connectivity index (χ2v) is 5.76. The van der Waals surface area contributed by atoms with E-state index in [0.717, 1.165) is 22.5 Å². The first-order valence-electron chi connectivity index (χ1n) is 7.95. The molecule has 0 aliphatic carbocycles. The molecule has 2 heterocycles. The molecule has 0 saturated carbocycles. The number of methoxy groups -OCH3 is 2. The Bertz CT molecular complexity index is 863. The summed E-state index contributed by atoms with van der Waals surface area (Å²) in [7, 11) is 3.13. The van der Waals surface area contributed by atoms with Gasteiger partial charge >= 0.3 is 0 Å². The van der Waals surface area contributed by atoms with Crippen molar-refractivity contribution in [3.05, 3.63) is 54.9 Å². The topological polar surface area (TPSA) is 49.2 Å². The van der Waals surface area contributed by atoms with Crippen molar-refractivity contribution >= 4 is 0 Å². The minimum absolute atomic E-state index is 0.0692. The lowest BCUT2D eigenvalue weighted by Gasteiger charge is -2.13. The molecule has 1 atom stereocenters. The number of pyridine rings is 1. The number of benzene rings is 1. The van der Waals surface area contributed by atoms with E-state index in [2.05, 4.69) is 9.97 Å². The number of halogens is 1. The van der Waals surface area contributed by atoms with E-state index in [1.54, 1.807) is 31.8 Å². The molecule has 2 aromatic heterocycles. The van der Waals surface area contributed by atoms with E-state index in [-0.39, 0.29) is 11.9 Å². The van der Waals surface area contributed by atoms with Crippen LogP contribution in [0.3, 0.4) is 0 Å². The van der Waals surface area contributed by atoms with Crippen molar-refractivity contribution in [1.29, 1.82) is 0 Å². The van der Waals surface area contributed by atoms with Crippen LogP contribution in [-0.4, -0.2) is 34.9 Å². The summed E-state index contributed by atoms with van der Waals surface area (Å²) in [5.74, 6) is 0.616. The van der Waals surface area contributed by atoms with Crippen LogP contribution >= 0.6 is 0 Å². The highest BCUT2D eigenvalue weighted by atomic mass is 19.1. The van der Waals surface area contributed by atoms with Gasteiger partial charge in [0.25, 0.3) is 0 Å². The largest absolute Gasteiger partial charge is 0.494 e. The summed E-state index contributed by atoms with van der Waals surface area (Å²) in [5.41, 5.74) is 2.41. The zero-order valence-electron chi connectivity index (χ0n) is 14.4. The normalized spacial score (nSPS) is 12.2. The molecule has 5 nitrogen and oxygen atoms in total. The molecule has 0 N–H and O–H groups in total. The molecule has 0 saturated heterocycles. The van der Waals surface area contributed by atoms with E-state index in [9.17, 15) is 4.39 Å². The summed E-state index contributed by atoms with van der Waals surface area (Å²) in [6.45, 7) is 2.69. The van der Waals surface area contributed by atoms with Crippen molar-refractivity contribution < 1.29 is 13.9 Å². The van der Waals surface area contributed by atoms with Crippen LogP contribution in [0.15, 0.2) is 49.1 Å². The maximum Gasteiger partial charge on any atom is 0.165 e. The molecule has 6 heteroatoms. The fraction of sp³-hybridized carbons (Fsp3) is 0.263. The van der Waals surface area contributed by atoms with Gasteiger partial charge in [0, 0.05) is 43.0 Å². The van der Waals surface area contributed by atoms with E-state index in [1.165, 1.54) is 13.2 Å². The van der Waals surface area contributed by atoms with E-state index < -0.39 is 5.82 Å². The fourth-order valence-electron chi connectivity index (χ4n) is 2.63. The predicted molar refractivity (Wildman–Crippen MR) is 93.9 cm³/mol. The van der Waals surface area contributed by atoms with Crippen molar-refractivity contribution in [2.75, 3.05) is 14.2 Å². The summed E-state index contributed by atoms with van der Waals surface area (Å²) in [6.07, 6.45) is 7.18. The SMILES string of the molecule is COc1ccc(-c2cncc(-c3nccn3CC(C)OC)c2)cc1F. The number of nitrogens with zero attached hydrogens (tertiary/aromatic N) is 3. The summed E-state index contributed by atoms with van der Waals surface area (Å²) >= 11 is 0. The molecule has 0 radical (unpaired) electrons. The van der Waals surface area contributed by atoms with E-state index in [4.69, 9.17) is 9.47 Å². The highest BCUT2D eigenvalue weighted by Crippen LogP contribution is 2.28. The van der Waals surface area contributed by atoms with Crippen LogP contribution in [0.4, 0.5) is 4.39 Å². The van der Waals surface area contributed by atoms with Gasteiger partial charge in [-0.15, -0.1) is 0 Å². The molecule has 0 aliphatic heterocycles. The second kappa shape index (κ2) is 7.44. The molecule has 0 bridgehead atoms. The Hall–Kier alpha value is -2.73. The van der Waals surface area contributed by atoms with Gasteiger partial charge in [-0.25, -0.2) is 9.37 Å². The van der Waals surface area contributed by atoms with E-state index >= 15 is 0 Å². The third-order valence-corrected chi connectivity index (χ3v) is 4.05. The zero-order chi connectivity index (χ0) is 17.8. The van der Waals surface area contributed by atoms with Gasteiger partial charge in [-0.05, 0) is 30.7 Å². The van der Waals surface area contributed by atoms with Crippen molar-refractivity contribution in [3.8, 4) is 28.3 Å². The summed E-state index contributed by atoms with van der Waals surface area (Å²) in [6, 6.07) is 6.81. The van der Waals surface area contributed by atoms with E-state index in [0.29, 0.717) is 6.54 Å². The van der Waals surface area contributed by atoms with E-state index in [1.807, 2.05) is 29.8 Å². The van der Waals surface area contributed by atoms with Crippen molar-refractivity contribution in [1.82, 2.24) is 14.5 Å². The molecule has 0 amide bonds. The monoisotopic (exact) mass is 341 g/mol. The number of imidazole rings is 1. The average Bonchev–Trinajstić information content (AvgIpc) is 3.09. The van der Waals surface area contributed by atoms with Gasteiger partial charge in [0.05, 0.1) is 19.8 Å². The Morgan fingerprint density at radius 3 is 2.64 bits per heavy atom. The average molecular weight is 341 g/mol. The lowest BCUT2D eigenvalue weighted by Crippen LogP contribution is -2.14. The zero-order valence-corrected chi connectivity index (χ0v) is 14.4. The van der Waals surface area contributed by atoms with Gasteiger partial charge in [0.15, 0.2) is 11.6 Å². The van der Waals surface area contributed by atoms with Gasteiger partial charge in [0.1, 0.15) is 5.82 Å². The van der Waals surface area contributed by atoms with Crippen molar-refractivity contribution in [3.63, 3.8) is 0 Å². The molecule has 1 aromatic carbocycles. The van der Waals surface area contributed by atoms with Crippen LogP contribution in [-0.2, 0) is 11.3 Å². The summed E-state index contributed by atoms with van der Waals surface area (Å²) in [5, 5.41) is 0. The quantitative estimate of drug-likeness (QED) is 0.684. The van der Waals surface area contributed by atoms with Crippen molar-refractivity contribution in [2.24, 2.45) is 0 Å². The first-order chi connectivity index (χ1) is 12.1. The number of hydrogen-bond donors (Lipinski definition) is 0. The number of hydrogen-bond acceptors (Lipinski definition) is 4. The van der Waals surface area contributed by atoms with Crippen LogP contribution in [0.1, 0.15) is 6.92 Å². The highest BCUT2D eigenvalue weighted by Gasteiger charge is 2.11. The third kappa shape index (κ3) is 3.69. The van der Waals surface area contributed by atoms with Gasteiger partial charge in [-0.1, -0.05) is 6.07 Å². The smallest absolute Gasteiger partial charge is 0.165 e. The van der Waals surface area contributed by atoms with Gasteiger partial charge < -0.3 is 14.0 Å².